The Labute approximate surface area is 197 Å². The van der Waals surface area contributed by atoms with Gasteiger partial charge in [0.1, 0.15) is 4.21 Å². The number of benzene rings is 1. The number of nitro groups is 1. The lowest BCUT2D eigenvalue weighted by molar-refractivity contribution is -0.384. The zero-order valence-corrected chi connectivity index (χ0v) is 19.1. The second-order valence-corrected chi connectivity index (χ2v) is 11.6. The fraction of sp³-hybridized carbons (Fsp3) is 0.333. The van der Waals surface area contributed by atoms with Gasteiger partial charge in [-0.2, -0.15) is 0 Å². The molecule has 1 aromatic carbocycles. The summed E-state index contributed by atoms with van der Waals surface area (Å²) in [5, 5.41) is 13.3. The average Bonchev–Trinajstić information content (AvgIpc) is 3.58. The molecule has 4 atom stereocenters. The Balaban J connectivity index is 1.20. The summed E-state index contributed by atoms with van der Waals surface area (Å²) >= 11 is 0.734. The molecule has 0 radical (unpaired) electrons. The molecule has 11 nitrogen and oxygen atoms in total. The van der Waals surface area contributed by atoms with Gasteiger partial charge in [-0.1, -0.05) is 23.5 Å². The molecule has 1 saturated carbocycles. The molecule has 34 heavy (non-hydrogen) atoms. The van der Waals surface area contributed by atoms with Crippen LogP contribution in [0, 0.1) is 33.8 Å². The maximum absolute atomic E-state index is 12.7. The highest BCUT2D eigenvalue weighted by Gasteiger charge is 2.59. The molecule has 2 aliphatic carbocycles. The monoisotopic (exact) mass is 502 g/mol. The minimum atomic E-state index is -3.97. The number of anilines is 1. The van der Waals surface area contributed by atoms with Crippen molar-refractivity contribution in [3.05, 3.63) is 52.7 Å². The van der Waals surface area contributed by atoms with Crippen LogP contribution < -0.4 is 5.32 Å². The Morgan fingerprint density at radius 3 is 2.35 bits per heavy atom. The number of nitro benzene ring substituents is 1. The second-order valence-electron chi connectivity index (χ2n) is 8.37. The number of likely N-dealkylation sites (tertiary alicyclic amines) is 1. The van der Waals surface area contributed by atoms with Crippen molar-refractivity contribution < 1.29 is 27.7 Å². The molecule has 3 aliphatic rings. The van der Waals surface area contributed by atoms with E-state index in [0.717, 1.165) is 53.1 Å². The van der Waals surface area contributed by atoms with Gasteiger partial charge in [-0.25, -0.2) is 13.4 Å². The van der Waals surface area contributed by atoms with E-state index in [4.69, 9.17) is 0 Å². The normalized spacial score (nSPS) is 25.1. The van der Waals surface area contributed by atoms with Crippen LogP contribution in [0.25, 0.3) is 0 Å². The molecule has 4 unspecified atom stereocenters. The van der Waals surface area contributed by atoms with Crippen LogP contribution in [0.15, 0.2) is 51.7 Å². The molecule has 0 spiro atoms. The lowest BCUT2D eigenvalue weighted by Crippen LogP contribution is -2.35. The molecule has 1 saturated heterocycles. The number of sulfone groups is 1. The fourth-order valence-electron chi connectivity index (χ4n) is 4.88. The van der Waals surface area contributed by atoms with Crippen LogP contribution in [-0.4, -0.2) is 47.5 Å². The Bertz CT molecular complexity index is 1320. The first-order chi connectivity index (χ1) is 16.2. The van der Waals surface area contributed by atoms with E-state index in [9.17, 15) is 32.9 Å². The molecule has 2 aromatic rings. The van der Waals surface area contributed by atoms with Crippen LogP contribution in [0.1, 0.15) is 12.8 Å². The van der Waals surface area contributed by atoms with Gasteiger partial charge in [0.05, 0.1) is 27.9 Å². The van der Waals surface area contributed by atoms with Gasteiger partial charge >= 0.3 is 0 Å². The summed E-state index contributed by atoms with van der Waals surface area (Å²) in [5.74, 6) is -1.43. The number of allylic oxidation sites excluding steroid dienone is 2. The topological polar surface area (TPSA) is 157 Å². The van der Waals surface area contributed by atoms with E-state index in [2.05, 4.69) is 10.3 Å². The second kappa shape index (κ2) is 8.09. The number of hydrogen-bond donors (Lipinski definition) is 1. The highest BCUT2D eigenvalue weighted by Crippen LogP contribution is 2.52. The standard InChI is InChI=1S/C21H18N4O7S2/c26-15(7-8-24-19(27)17-11-1-2-12(9-11)18(17)20(24)28)23-21-22-10-16(33-21)34(31,32)14-5-3-13(4-6-14)25(29)30/h1-6,10-12,17-18H,7-9H2,(H,22,23,26). The maximum Gasteiger partial charge on any atom is 0.269 e. The summed E-state index contributed by atoms with van der Waals surface area (Å²) in [5.41, 5.74) is -0.237. The van der Waals surface area contributed by atoms with Crippen LogP contribution in [0.3, 0.4) is 0 Å². The van der Waals surface area contributed by atoms with Crippen molar-refractivity contribution in [1.29, 1.82) is 0 Å². The lowest BCUT2D eigenvalue weighted by atomic mass is 9.85. The van der Waals surface area contributed by atoms with Gasteiger partial charge in [-0.15, -0.1) is 0 Å². The third kappa shape index (κ3) is 3.60. The van der Waals surface area contributed by atoms with Crippen molar-refractivity contribution in [3.8, 4) is 0 Å². The van der Waals surface area contributed by atoms with Gasteiger partial charge in [-0.3, -0.25) is 29.4 Å². The predicted octanol–water partition coefficient (Wildman–Crippen LogP) is 2.02. The van der Waals surface area contributed by atoms with Crippen molar-refractivity contribution in [1.82, 2.24) is 9.88 Å². The third-order valence-corrected chi connectivity index (χ3v) is 9.62. The summed E-state index contributed by atoms with van der Waals surface area (Å²) in [6, 6.07) is 4.44. The highest BCUT2D eigenvalue weighted by atomic mass is 32.2. The number of carbonyl (C=O) groups excluding carboxylic acids is 3. The molecule has 5 rings (SSSR count). The van der Waals surface area contributed by atoms with E-state index < -0.39 is 20.7 Å². The summed E-state index contributed by atoms with van der Waals surface area (Å²) in [4.78, 5) is 52.8. The number of imide groups is 1. The first-order valence-corrected chi connectivity index (χ1v) is 12.8. The van der Waals surface area contributed by atoms with Crippen LogP contribution in [0.2, 0.25) is 0 Å². The number of aromatic nitrogens is 1. The van der Waals surface area contributed by atoms with Crippen molar-refractivity contribution in [3.63, 3.8) is 0 Å². The number of non-ortho nitro benzene ring substituents is 1. The quantitative estimate of drug-likeness (QED) is 0.261. The fourth-order valence-corrected chi connectivity index (χ4v) is 7.33. The molecule has 176 valence electrons. The molecule has 2 bridgehead atoms. The smallest absolute Gasteiger partial charge is 0.269 e. The largest absolute Gasteiger partial charge is 0.302 e. The Morgan fingerprint density at radius 2 is 1.76 bits per heavy atom. The SMILES string of the molecule is O=C(CCN1C(=O)C2C3C=CC(C3)C2C1=O)Nc1ncc(S(=O)(=O)c2ccc([N+](=O)[O-])cc2)s1. The Kier molecular flexibility index (Phi) is 5.32. The summed E-state index contributed by atoms with van der Waals surface area (Å²) in [6.07, 6.45) is 5.78. The van der Waals surface area contributed by atoms with E-state index in [1.54, 1.807) is 0 Å². The first kappa shape index (κ1) is 22.3. The van der Waals surface area contributed by atoms with Crippen LogP contribution in [0.4, 0.5) is 10.8 Å². The van der Waals surface area contributed by atoms with Crippen molar-refractivity contribution in [2.45, 2.75) is 21.9 Å². The van der Waals surface area contributed by atoms with Gasteiger partial charge in [0, 0.05) is 25.1 Å². The predicted molar refractivity (Wildman–Crippen MR) is 118 cm³/mol. The molecule has 2 heterocycles. The third-order valence-electron chi connectivity index (χ3n) is 6.48. The highest BCUT2D eigenvalue weighted by molar-refractivity contribution is 7.93. The molecule has 1 N–H and O–H groups in total. The van der Waals surface area contributed by atoms with Gasteiger partial charge in [-0.05, 0) is 30.4 Å². The summed E-state index contributed by atoms with van der Waals surface area (Å²) < 4.78 is 25.3. The van der Waals surface area contributed by atoms with Gasteiger partial charge < -0.3 is 5.32 Å². The average molecular weight is 503 g/mol. The van der Waals surface area contributed by atoms with E-state index >= 15 is 0 Å². The number of amides is 3. The Morgan fingerprint density at radius 1 is 1.15 bits per heavy atom. The number of thiazole rings is 1. The van der Waals surface area contributed by atoms with E-state index in [-0.39, 0.29) is 68.4 Å². The Hall–Kier alpha value is -3.45. The first-order valence-electron chi connectivity index (χ1n) is 10.5. The van der Waals surface area contributed by atoms with Crippen LogP contribution in [0.5, 0.6) is 0 Å². The van der Waals surface area contributed by atoms with Crippen molar-refractivity contribution in [2.24, 2.45) is 23.7 Å². The number of nitrogens with one attached hydrogen (secondary N) is 1. The molecule has 2 fully saturated rings. The van der Waals surface area contributed by atoms with Gasteiger partial charge in [0.2, 0.25) is 27.6 Å². The van der Waals surface area contributed by atoms with E-state index in [1.807, 2.05) is 12.2 Å². The summed E-state index contributed by atoms with van der Waals surface area (Å²) in [7, 11) is -3.97. The minimum Gasteiger partial charge on any atom is -0.302 e. The van der Waals surface area contributed by atoms with E-state index in [1.165, 1.54) is 0 Å². The van der Waals surface area contributed by atoms with Crippen LogP contribution in [-0.2, 0) is 24.2 Å². The summed E-state index contributed by atoms with van der Waals surface area (Å²) in [6.45, 7) is -0.0464. The molecular weight excluding hydrogens is 484 g/mol. The van der Waals surface area contributed by atoms with Gasteiger partial charge in [0.15, 0.2) is 5.13 Å². The molecule has 3 amide bonds. The van der Waals surface area contributed by atoms with Crippen molar-refractivity contribution >= 4 is 49.7 Å². The number of rotatable bonds is 7. The number of nitrogens with zero attached hydrogens (tertiary/aromatic N) is 3. The number of hydrogen-bond acceptors (Lipinski definition) is 9. The molecule has 1 aliphatic heterocycles. The van der Waals surface area contributed by atoms with Gasteiger partial charge in [0.25, 0.3) is 5.69 Å². The number of carbonyl (C=O) groups is 3. The van der Waals surface area contributed by atoms with E-state index in [0.29, 0.717) is 0 Å². The number of fused-ring (bicyclic) bond motifs is 5. The zero-order chi connectivity index (χ0) is 24.2. The molecule has 13 heteroatoms. The maximum atomic E-state index is 12.7. The zero-order valence-electron chi connectivity index (χ0n) is 17.5. The molecule has 1 aromatic heterocycles. The lowest BCUT2D eigenvalue weighted by Gasteiger charge is -2.16. The van der Waals surface area contributed by atoms with Crippen LogP contribution >= 0.6 is 11.3 Å². The van der Waals surface area contributed by atoms with Crippen molar-refractivity contribution in [2.75, 3.05) is 11.9 Å². The minimum absolute atomic E-state index is 0.0451. The molecular formula is C21H18N4O7S2.